The molecule has 0 heterocycles. The Kier molecular flexibility index (Phi) is 2.28. The van der Waals surface area contributed by atoms with Crippen LogP contribution in [0.1, 0.15) is 59.8 Å². The maximum absolute atomic E-state index is 2.55. The Morgan fingerprint density at radius 1 is 1.14 bits per heavy atom. The summed E-state index contributed by atoms with van der Waals surface area (Å²) in [4.78, 5) is 0. The molecule has 0 radical (unpaired) electrons. The number of fused-ring (bicyclic) bond motifs is 1. The first kappa shape index (κ1) is 10.3. The van der Waals surface area contributed by atoms with Gasteiger partial charge in [-0.25, -0.2) is 0 Å². The van der Waals surface area contributed by atoms with Gasteiger partial charge in [0, 0.05) is 0 Å². The van der Waals surface area contributed by atoms with Crippen LogP contribution in [0.4, 0.5) is 0 Å². The van der Waals surface area contributed by atoms with Gasteiger partial charge in [-0.05, 0) is 48.9 Å². The predicted molar refractivity (Wildman–Crippen MR) is 62.2 cm³/mol. The third-order valence-electron chi connectivity index (χ3n) is 5.09. The van der Waals surface area contributed by atoms with Gasteiger partial charge in [0.2, 0.25) is 0 Å². The van der Waals surface area contributed by atoms with E-state index in [0.29, 0.717) is 10.8 Å². The molecule has 0 heteroatoms. The lowest BCUT2D eigenvalue weighted by atomic mass is 9.53. The summed E-state index contributed by atoms with van der Waals surface area (Å²) in [6, 6.07) is 0. The minimum absolute atomic E-state index is 0.427. The van der Waals surface area contributed by atoms with E-state index in [4.69, 9.17) is 0 Å². The van der Waals surface area contributed by atoms with Crippen molar-refractivity contribution in [1.82, 2.24) is 0 Å². The maximum Gasteiger partial charge on any atom is -0.00908 e. The van der Waals surface area contributed by atoms with E-state index in [-0.39, 0.29) is 0 Å². The average molecular weight is 192 g/mol. The summed E-state index contributed by atoms with van der Waals surface area (Å²) >= 11 is 0. The second-order valence-corrected chi connectivity index (χ2v) is 6.33. The largest absolute Gasteiger partial charge is 0.0845 e. The normalized spacial score (nSPS) is 34.6. The van der Waals surface area contributed by atoms with Crippen molar-refractivity contribution < 1.29 is 0 Å². The van der Waals surface area contributed by atoms with Crippen molar-refractivity contribution in [2.45, 2.75) is 59.8 Å². The van der Waals surface area contributed by atoms with Crippen LogP contribution in [0.3, 0.4) is 0 Å². The highest BCUT2D eigenvalue weighted by Crippen LogP contribution is 2.56. The van der Waals surface area contributed by atoms with Crippen LogP contribution in [0, 0.1) is 16.7 Å². The summed E-state index contributed by atoms with van der Waals surface area (Å²) in [7, 11) is 0. The van der Waals surface area contributed by atoms with Gasteiger partial charge < -0.3 is 0 Å². The van der Waals surface area contributed by atoms with Crippen molar-refractivity contribution >= 4 is 0 Å². The number of hydrogen-bond acceptors (Lipinski definition) is 0. The first-order valence-electron chi connectivity index (χ1n) is 6.16. The monoisotopic (exact) mass is 192 g/mol. The highest BCUT2D eigenvalue weighted by Gasteiger charge is 2.46. The highest BCUT2D eigenvalue weighted by molar-refractivity contribution is 5.24. The Bertz CT molecular complexity index is 255. The Morgan fingerprint density at radius 3 is 2.57 bits per heavy atom. The van der Waals surface area contributed by atoms with Crippen LogP contribution in [-0.4, -0.2) is 0 Å². The fourth-order valence-electron chi connectivity index (χ4n) is 3.25. The van der Waals surface area contributed by atoms with Crippen molar-refractivity contribution in [3.63, 3.8) is 0 Å². The standard InChI is InChI=1S/C14H24/c1-13(2)10-9-11-7-5-6-8-12(11)14(13,3)4/h8,11H,5-7,9-10H2,1-4H3. The molecule has 0 aromatic heterocycles. The third-order valence-corrected chi connectivity index (χ3v) is 5.09. The van der Waals surface area contributed by atoms with E-state index in [1.807, 2.05) is 0 Å². The van der Waals surface area contributed by atoms with Gasteiger partial charge in [0.25, 0.3) is 0 Å². The zero-order chi connectivity index (χ0) is 10.4. The lowest BCUT2D eigenvalue weighted by Gasteiger charge is -2.52. The number of allylic oxidation sites excluding steroid dienone is 2. The predicted octanol–water partition coefficient (Wildman–Crippen LogP) is 4.56. The summed E-state index contributed by atoms with van der Waals surface area (Å²) in [5.74, 6) is 0.923. The van der Waals surface area contributed by atoms with Crippen molar-refractivity contribution in [3.05, 3.63) is 11.6 Å². The molecule has 0 bridgehead atoms. The zero-order valence-corrected chi connectivity index (χ0v) is 10.2. The molecule has 0 nitrogen and oxygen atoms in total. The molecule has 2 rings (SSSR count). The minimum Gasteiger partial charge on any atom is -0.0845 e. The third kappa shape index (κ3) is 1.34. The average Bonchev–Trinajstić information content (AvgIpc) is 2.13. The molecule has 80 valence electrons. The van der Waals surface area contributed by atoms with Gasteiger partial charge in [-0.3, -0.25) is 0 Å². The summed E-state index contributed by atoms with van der Waals surface area (Å²) in [6.07, 6.45) is 9.58. The van der Waals surface area contributed by atoms with Crippen LogP contribution in [0.15, 0.2) is 11.6 Å². The molecular weight excluding hydrogens is 168 g/mol. The van der Waals surface area contributed by atoms with Gasteiger partial charge in [-0.2, -0.15) is 0 Å². The van der Waals surface area contributed by atoms with E-state index in [9.17, 15) is 0 Å². The topological polar surface area (TPSA) is 0 Å². The van der Waals surface area contributed by atoms with Crippen LogP contribution in [-0.2, 0) is 0 Å². The van der Waals surface area contributed by atoms with Crippen LogP contribution < -0.4 is 0 Å². The zero-order valence-electron chi connectivity index (χ0n) is 10.2. The first-order valence-corrected chi connectivity index (χ1v) is 6.16. The Hall–Kier alpha value is -0.260. The van der Waals surface area contributed by atoms with E-state index >= 15 is 0 Å². The molecular formula is C14H24. The van der Waals surface area contributed by atoms with Gasteiger partial charge in [-0.15, -0.1) is 0 Å². The first-order chi connectivity index (χ1) is 6.45. The van der Waals surface area contributed by atoms with Crippen molar-refractivity contribution in [3.8, 4) is 0 Å². The Labute approximate surface area is 88.8 Å². The molecule has 0 amide bonds. The molecule has 1 unspecified atom stereocenters. The van der Waals surface area contributed by atoms with Crippen LogP contribution in [0.5, 0.6) is 0 Å². The molecule has 14 heavy (non-hydrogen) atoms. The molecule has 2 aliphatic rings. The molecule has 0 aromatic rings. The van der Waals surface area contributed by atoms with Crippen LogP contribution in [0.25, 0.3) is 0 Å². The highest BCUT2D eigenvalue weighted by atomic mass is 14.5. The molecule has 0 saturated heterocycles. The van der Waals surface area contributed by atoms with Gasteiger partial charge in [0.05, 0.1) is 0 Å². The quantitative estimate of drug-likeness (QED) is 0.494. The fraction of sp³-hybridized carbons (Fsp3) is 0.857. The maximum atomic E-state index is 2.55. The van der Waals surface area contributed by atoms with Gasteiger partial charge >= 0.3 is 0 Å². The second-order valence-electron chi connectivity index (χ2n) is 6.33. The minimum atomic E-state index is 0.427. The van der Waals surface area contributed by atoms with E-state index in [1.165, 1.54) is 32.1 Å². The van der Waals surface area contributed by atoms with Crippen LogP contribution in [0.2, 0.25) is 0 Å². The molecule has 2 aliphatic carbocycles. The molecule has 0 aromatic carbocycles. The lowest BCUT2D eigenvalue weighted by molar-refractivity contribution is 0.0761. The molecule has 0 spiro atoms. The second kappa shape index (κ2) is 3.12. The SMILES string of the molecule is CC1(C)CCC2CCCC=C2C1(C)C. The van der Waals surface area contributed by atoms with Crippen molar-refractivity contribution in [2.75, 3.05) is 0 Å². The summed E-state index contributed by atoms with van der Waals surface area (Å²) in [5, 5.41) is 0. The van der Waals surface area contributed by atoms with E-state index in [0.717, 1.165) is 5.92 Å². The van der Waals surface area contributed by atoms with Gasteiger partial charge in [0.15, 0.2) is 0 Å². The van der Waals surface area contributed by atoms with Crippen molar-refractivity contribution in [2.24, 2.45) is 16.7 Å². The molecule has 0 aliphatic heterocycles. The summed E-state index contributed by atoms with van der Waals surface area (Å²) in [6.45, 7) is 9.80. The Balaban J connectivity index is 2.35. The van der Waals surface area contributed by atoms with Gasteiger partial charge in [-0.1, -0.05) is 39.3 Å². The molecule has 1 saturated carbocycles. The van der Waals surface area contributed by atoms with E-state index < -0.39 is 0 Å². The van der Waals surface area contributed by atoms with E-state index in [2.05, 4.69) is 33.8 Å². The number of rotatable bonds is 0. The lowest BCUT2D eigenvalue weighted by Crippen LogP contribution is -2.41. The fourth-order valence-corrected chi connectivity index (χ4v) is 3.25. The smallest absolute Gasteiger partial charge is 0.00908 e. The van der Waals surface area contributed by atoms with E-state index in [1.54, 1.807) is 5.57 Å². The molecule has 1 fully saturated rings. The van der Waals surface area contributed by atoms with Gasteiger partial charge in [0.1, 0.15) is 0 Å². The summed E-state index contributed by atoms with van der Waals surface area (Å²) in [5.41, 5.74) is 2.70. The molecule has 1 atom stereocenters. The summed E-state index contributed by atoms with van der Waals surface area (Å²) < 4.78 is 0. The van der Waals surface area contributed by atoms with Crippen molar-refractivity contribution in [1.29, 1.82) is 0 Å². The molecule has 0 N–H and O–H groups in total. The van der Waals surface area contributed by atoms with Crippen LogP contribution >= 0.6 is 0 Å². The number of hydrogen-bond donors (Lipinski definition) is 0. The Morgan fingerprint density at radius 2 is 1.86 bits per heavy atom.